The fourth-order valence-electron chi connectivity index (χ4n) is 2.14. The molecular weight excluding hydrogens is 302 g/mol. The quantitative estimate of drug-likeness (QED) is 0.838. The van der Waals surface area contributed by atoms with Gasteiger partial charge in [0.05, 0.1) is 5.60 Å². The van der Waals surface area contributed by atoms with Gasteiger partial charge >= 0.3 is 0 Å². The lowest BCUT2D eigenvalue weighted by Gasteiger charge is -2.39. The molecule has 17 heavy (non-hydrogen) atoms. The summed E-state index contributed by atoms with van der Waals surface area (Å²) in [6, 6.07) is 1.91. The molecule has 1 amide bonds. The third-order valence-corrected chi connectivity index (χ3v) is 5.08. The Hall–Kier alpha value is -0.390. The summed E-state index contributed by atoms with van der Waals surface area (Å²) in [5.41, 5.74) is -0.197. The maximum Gasteiger partial charge on any atom is 0.265 e. The lowest BCUT2D eigenvalue weighted by atomic mass is 9.94. The maximum atomic E-state index is 12.3. The molecule has 94 valence electrons. The third kappa shape index (κ3) is 2.72. The second kappa shape index (κ2) is 5.08. The van der Waals surface area contributed by atoms with Gasteiger partial charge in [-0.05, 0) is 47.1 Å². The largest absolute Gasteiger partial charge is 0.377 e. The van der Waals surface area contributed by atoms with Crippen molar-refractivity contribution in [2.45, 2.75) is 25.4 Å². The highest BCUT2D eigenvalue weighted by Gasteiger charge is 2.34. The lowest BCUT2D eigenvalue weighted by molar-refractivity contribution is -0.0439. The molecular formula is C12H16BrNO2S. The van der Waals surface area contributed by atoms with E-state index in [-0.39, 0.29) is 11.5 Å². The predicted molar refractivity (Wildman–Crippen MR) is 72.6 cm³/mol. The number of methoxy groups -OCH3 is 1. The highest BCUT2D eigenvalue weighted by molar-refractivity contribution is 9.10. The van der Waals surface area contributed by atoms with Gasteiger partial charge in [-0.3, -0.25) is 4.79 Å². The molecule has 1 unspecified atom stereocenters. The number of halogens is 1. The maximum absolute atomic E-state index is 12.3. The predicted octanol–water partition coefficient (Wildman–Crippen LogP) is 3.15. The number of hydrogen-bond donors (Lipinski definition) is 0. The smallest absolute Gasteiger partial charge is 0.265 e. The standard InChI is InChI=1S/C12H16BrNO2S/c1-12(16-2)5-3-6-14(8-12)11(15)10-9(13)4-7-17-10/h4,7H,3,5-6,8H2,1-2H3. The number of amides is 1. The van der Waals surface area contributed by atoms with E-state index in [1.807, 2.05) is 16.3 Å². The number of piperidine rings is 1. The van der Waals surface area contributed by atoms with Gasteiger partial charge in [0.15, 0.2) is 0 Å². The second-order valence-corrected chi connectivity index (χ2v) is 6.35. The number of likely N-dealkylation sites (tertiary alicyclic amines) is 1. The van der Waals surface area contributed by atoms with E-state index in [0.29, 0.717) is 6.54 Å². The summed E-state index contributed by atoms with van der Waals surface area (Å²) in [6.45, 7) is 3.56. The molecule has 1 aromatic rings. The van der Waals surface area contributed by atoms with Crippen LogP contribution >= 0.6 is 27.3 Å². The molecule has 0 N–H and O–H groups in total. The topological polar surface area (TPSA) is 29.5 Å². The van der Waals surface area contributed by atoms with E-state index in [0.717, 1.165) is 28.7 Å². The van der Waals surface area contributed by atoms with Gasteiger partial charge in [0.25, 0.3) is 5.91 Å². The number of hydrogen-bond acceptors (Lipinski definition) is 3. The summed E-state index contributed by atoms with van der Waals surface area (Å²) in [7, 11) is 1.72. The van der Waals surface area contributed by atoms with Crippen LogP contribution in [0.25, 0.3) is 0 Å². The van der Waals surface area contributed by atoms with Crippen molar-refractivity contribution in [3.05, 3.63) is 20.8 Å². The van der Waals surface area contributed by atoms with E-state index in [9.17, 15) is 4.79 Å². The average molecular weight is 318 g/mol. The van der Waals surface area contributed by atoms with Crippen LogP contribution in [0.4, 0.5) is 0 Å². The summed E-state index contributed by atoms with van der Waals surface area (Å²) in [5, 5.41) is 1.93. The van der Waals surface area contributed by atoms with Gasteiger partial charge in [0.1, 0.15) is 4.88 Å². The van der Waals surface area contributed by atoms with E-state index in [1.54, 1.807) is 7.11 Å². The molecule has 0 saturated carbocycles. The van der Waals surface area contributed by atoms with Crippen molar-refractivity contribution >= 4 is 33.2 Å². The normalized spacial score (nSPS) is 25.0. The third-order valence-electron chi connectivity index (χ3n) is 3.25. The van der Waals surface area contributed by atoms with E-state index in [4.69, 9.17) is 4.74 Å². The zero-order valence-electron chi connectivity index (χ0n) is 10.0. The van der Waals surface area contributed by atoms with Crippen molar-refractivity contribution in [1.82, 2.24) is 4.90 Å². The first kappa shape index (κ1) is 13.1. The number of nitrogens with zero attached hydrogens (tertiary/aromatic N) is 1. The molecule has 0 aliphatic carbocycles. The van der Waals surface area contributed by atoms with Crippen LogP contribution in [0.15, 0.2) is 15.9 Å². The van der Waals surface area contributed by atoms with Crippen LogP contribution < -0.4 is 0 Å². The highest BCUT2D eigenvalue weighted by Crippen LogP contribution is 2.29. The van der Waals surface area contributed by atoms with Crippen LogP contribution in [0.1, 0.15) is 29.4 Å². The van der Waals surface area contributed by atoms with Crippen LogP contribution in [0.3, 0.4) is 0 Å². The van der Waals surface area contributed by atoms with Gasteiger partial charge in [-0.15, -0.1) is 11.3 Å². The van der Waals surface area contributed by atoms with Crippen molar-refractivity contribution in [1.29, 1.82) is 0 Å². The Kier molecular flexibility index (Phi) is 3.90. The van der Waals surface area contributed by atoms with Gasteiger partial charge in [-0.25, -0.2) is 0 Å². The first-order chi connectivity index (χ1) is 8.06. The summed E-state index contributed by atoms with van der Waals surface area (Å²) < 4.78 is 6.39. The minimum absolute atomic E-state index is 0.106. The molecule has 1 atom stereocenters. The molecule has 1 fully saturated rings. The molecule has 1 saturated heterocycles. The molecule has 1 aliphatic rings. The molecule has 2 heterocycles. The number of thiophene rings is 1. The van der Waals surface area contributed by atoms with Crippen molar-refractivity contribution < 1.29 is 9.53 Å². The molecule has 5 heteroatoms. The summed E-state index contributed by atoms with van der Waals surface area (Å²) in [4.78, 5) is 15.0. The molecule has 3 nitrogen and oxygen atoms in total. The Balaban J connectivity index is 2.13. The molecule has 0 spiro atoms. The van der Waals surface area contributed by atoms with Gasteiger partial charge in [0.2, 0.25) is 0 Å². The lowest BCUT2D eigenvalue weighted by Crippen LogP contribution is -2.49. The summed E-state index contributed by atoms with van der Waals surface area (Å²) in [6.07, 6.45) is 2.01. The van der Waals surface area contributed by atoms with E-state index >= 15 is 0 Å². The molecule has 2 rings (SSSR count). The zero-order valence-corrected chi connectivity index (χ0v) is 12.4. The Morgan fingerprint density at radius 1 is 1.65 bits per heavy atom. The van der Waals surface area contributed by atoms with Crippen LogP contribution in [0.5, 0.6) is 0 Å². The first-order valence-electron chi connectivity index (χ1n) is 5.63. The molecule has 0 aromatic carbocycles. The van der Waals surface area contributed by atoms with Crippen molar-refractivity contribution in [3.63, 3.8) is 0 Å². The average Bonchev–Trinajstić information content (AvgIpc) is 2.75. The fraction of sp³-hybridized carbons (Fsp3) is 0.583. The minimum atomic E-state index is -0.197. The Morgan fingerprint density at radius 3 is 3.00 bits per heavy atom. The SMILES string of the molecule is COC1(C)CCCN(C(=O)c2sccc2Br)C1. The number of ether oxygens (including phenoxy) is 1. The van der Waals surface area contributed by atoms with Crippen molar-refractivity contribution in [3.8, 4) is 0 Å². The monoisotopic (exact) mass is 317 g/mol. The fourth-order valence-corrected chi connectivity index (χ4v) is 3.64. The van der Waals surface area contributed by atoms with Gasteiger partial charge in [-0.2, -0.15) is 0 Å². The number of rotatable bonds is 2. The molecule has 0 bridgehead atoms. The summed E-state index contributed by atoms with van der Waals surface area (Å²) in [5.74, 6) is 0.106. The molecule has 1 aliphatic heterocycles. The van der Waals surface area contributed by atoms with Crippen molar-refractivity contribution in [2.24, 2.45) is 0 Å². The Morgan fingerprint density at radius 2 is 2.41 bits per heavy atom. The molecule has 0 radical (unpaired) electrons. The molecule has 1 aromatic heterocycles. The van der Waals surface area contributed by atoms with Gasteiger partial charge in [-0.1, -0.05) is 0 Å². The first-order valence-corrected chi connectivity index (χ1v) is 7.30. The van der Waals surface area contributed by atoms with Crippen LogP contribution in [0.2, 0.25) is 0 Å². The minimum Gasteiger partial charge on any atom is -0.377 e. The number of carbonyl (C=O) groups excluding carboxylic acids is 1. The van der Waals surface area contributed by atoms with Crippen molar-refractivity contribution in [2.75, 3.05) is 20.2 Å². The Labute approximate surface area is 114 Å². The van der Waals surface area contributed by atoms with Gasteiger partial charge < -0.3 is 9.64 Å². The second-order valence-electron chi connectivity index (χ2n) is 4.58. The van der Waals surface area contributed by atoms with E-state index in [2.05, 4.69) is 22.9 Å². The van der Waals surface area contributed by atoms with E-state index < -0.39 is 0 Å². The van der Waals surface area contributed by atoms with Crippen LogP contribution in [-0.2, 0) is 4.74 Å². The van der Waals surface area contributed by atoms with E-state index in [1.165, 1.54) is 11.3 Å². The van der Waals surface area contributed by atoms with Gasteiger partial charge in [0, 0.05) is 24.7 Å². The number of carbonyl (C=O) groups is 1. The highest BCUT2D eigenvalue weighted by atomic mass is 79.9. The van der Waals surface area contributed by atoms with Crippen LogP contribution in [-0.4, -0.2) is 36.6 Å². The summed E-state index contributed by atoms with van der Waals surface area (Å²) >= 11 is 4.89. The Bertz CT molecular complexity index is 420. The zero-order chi connectivity index (χ0) is 12.5. The van der Waals surface area contributed by atoms with Crippen LogP contribution in [0, 0.1) is 0 Å².